The van der Waals surface area contributed by atoms with Crippen LogP contribution in [-0.2, 0) is 0 Å². The Morgan fingerprint density at radius 1 is 0.900 bits per heavy atom. The highest BCUT2D eigenvalue weighted by Crippen LogP contribution is 2.46. The Kier molecular flexibility index (Phi) is 2.69. The van der Waals surface area contributed by atoms with E-state index in [1.54, 1.807) is 0 Å². The van der Waals surface area contributed by atoms with E-state index in [1.807, 2.05) is 12.1 Å². The Labute approximate surface area is 119 Å². The molecule has 0 bridgehead atoms. The fraction of sp³-hybridized carbons (Fsp3) is 0.333. The molecule has 1 saturated carbocycles. The van der Waals surface area contributed by atoms with Gasteiger partial charge in [0.15, 0.2) is 0 Å². The second-order valence-electron chi connectivity index (χ2n) is 5.92. The van der Waals surface area contributed by atoms with Crippen LogP contribution in [0.1, 0.15) is 37.2 Å². The predicted octanol–water partition coefficient (Wildman–Crippen LogP) is 4.35. The number of fused-ring (bicyclic) bond motifs is 3. The van der Waals surface area contributed by atoms with Crippen molar-refractivity contribution in [2.24, 2.45) is 0 Å². The Hall–Kier alpha value is -1.96. The van der Waals surface area contributed by atoms with Crippen LogP contribution >= 0.6 is 0 Å². The van der Waals surface area contributed by atoms with E-state index in [2.05, 4.69) is 30.3 Å². The molecule has 4 rings (SSSR count). The van der Waals surface area contributed by atoms with Gasteiger partial charge in [-0.2, -0.15) is 0 Å². The maximum atomic E-state index is 6.10. The van der Waals surface area contributed by atoms with Gasteiger partial charge in [0.1, 0.15) is 11.9 Å². The number of rotatable bonds is 1. The third-order valence-corrected chi connectivity index (χ3v) is 4.63. The average molecular weight is 265 g/mol. The summed E-state index contributed by atoms with van der Waals surface area (Å²) < 4.78 is 6.10. The molecule has 0 radical (unpaired) electrons. The second-order valence-corrected chi connectivity index (χ2v) is 5.92. The maximum absolute atomic E-state index is 6.10. The van der Waals surface area contributed by atoms with Crippen LogP contribution in [0.4, 0.5) is 5.69 Å². The molecule has 0 saturated heterocycles. The smallest absolute Gasteiger partial charge is 0.123 e. The van der Waals surface area contributed by atoms with Crippen LogP contribution in [0.2, 0.25) is 0 Å². The van der Waals surface area contributed by atoms with Gasteiger partial charge >= 0.3 is 0 Å². The summed E-state index contributed by atoms with van der Waals surface area (Å²) in [5.74, 6) is 1.70. The van der Waals surface area contributed by atoms with Crippen molar-refractivity contribution in [3.05, 3.63) is 48.0 Å². The zero-order chi connectivity index (χ0) is 13.5. The molecule has 2 aromatic carbocycles. The SMILES string of the molecule is Nc1ccc(-c2ccc3c(c2)C2CCCCC2O3)cc1. The summed E-state index contributed by atoms with van der Waals surface area (Å²) >= 11 is 0. The molecule has 0 aromatic heterocycles. The lowest BCUT2D eigenvalue weighted by atomic mass is 9.82. The first-order valence-corrected chi connectivity index (χ1v) is 7.48. The molecular formula is C18H19NO. The summed E-state index contributed by atoms with van der Waals surface area (Å²) in [6, 6.07) is 14.7. The molecule has 2 aliphatic rings. The topological polar surface area (TPSA) is 35.2 Å². The molecular weight excluding hydrogens is 246 g/mol. The third-order valence-electron chi connectivity index (χ3n) is 4.63. The van der Waals surface area contributed by atoms with Gasteiger partial charge < -0.3 is 10.5 Å². The number of ether oxygens (including phenoxy) is 1. The molecule has 102 valence electrons. The van der Waals surface area contributed by atoms with Gasteiger partial charge in [-0.3, -0.25) is 0 Å². The van der Waals surface area contributed by atoms with Crippen LogP contribution in [0.3, 0.4) is 0 Å². The lowest BCUT2D eigenvalue weighted by molar-refractivity contribution is 0.164. The van der Waals surface area contributed by atoms with E-state index in [0.29, 0.717) is 12.0 Å². The lowest BCUT2D eigenvalue weighted by Gasteiger charge is -2.23. The van der Waals surface area contributed by atoms with Crippen molar-refractivity contribution in [3.63, 3.8) is 0 Å². The third kappa shape index (κ3) is 1.87. The summed E-state index contributed by atoms with van der Waals surface area (Å²) in [5.41, 5.74) is 10.5. The van der Waals surface area contributed by atoms with Crippen LogP contribution in [-0.4, -0.2) is 6.10 Å². The molecule has 0 spiro atoms. The summed E-state index contributed by atoms with van der Waals surface area (Å²) in [5, 5.41) is 0. The predicted molar refractivity (Wildman–Crippen MR) is 81.9 cm³/mol. The minimum atomic E-state index is 0.417. The number of anilines is 1. The Balaban J connectivity index is 1.73. The molecule has 2 heteroatoms. The Morgan fingerprint density at radius 3 is 2.50 bits per heavy atom. The largest absolute Gasteiger partial charge is 0.489 e. The lowest BCUT2D eigenvalue weighted by Crippen LogP contribution is -2.22. The maximum Gasteiger partial charge on any atom is 0.123 e. The number of hydrogen-bond acceptors (Lipinski definition) is 2. The first-order chi connectivity index (χ1) is 9.81. The molecule has 2 nitrogen and oxygen atoms in total. The summed E-state index contributed by atoms with van der Waals surface area (Å²) in [7, 11) is 0. The Morgan fingerprint density at radius 2 is 1.65 bits per heavy atom. The van der Waals surface area contributed by atoms with Crippen molar-refractivity contribution in [1.82, 2.24) is 0 Å². The zero-order valence-electron chi connectivity index (χ0n) is 11.5. The number of nitrogens with two attached hydrogens (primary N) is 1. The van der Waals surface area contributed by atoms with Gasteiger partial charge in [0, 0.05) is 17.2 Å². The van der Waals surface area contributed by atoms with E-state index in [9.17, 15) is 0 Å². The average Bonchev–Trinajstić information content (AvgIpc) is 2.86. The first-order valence-electron chi connectivity index (χ1n) is 7.48. The number of benzene rings is 2. The minimum Gasteiger partial charge on any atom is -0.489 e. The molecule has 2 aromatic rings. The van der Waals surface area contributed by atoms with Gasteiger partial charge in [-0.15, -0.1) is 0 Å². The van der Waals surface area contributed by atoms with Gasteiger partial charge in [0.05, 0.1) is 0 Å². The second kappa shape index (κ2) is 4.55. The van der Waals surface area contributed by atoms with Crippen molar-refractivity contribution in [2.45, 2.75) is 37.7 Å². The van der Waals surface area contributed by atoms with Crippen molar-refractivity contribution >= 4 is 5.69 Å². The van der Waals surface area contributed by atoms with Gasteiger partial charge in [0.25, 0.3) is 0 Å². The standard InChI is InChI=1S/C18H19NO/c19-14-8-5-12(6-9-14)13-7-10-18-16(11-13)15-3-1-2-4-17(15)20-18/h5-11,15,17H,1-4,19H2. The highest BCUT2D eigenvalue weighted by Gasteiger charge is 2.36. The summed E-state index contributed by atoms with van der Waals surface area (Å²) in [6.07, 6.45) is 5.52. The molecule has 1 aliphatic heterocycles. The van der Waals surface area contributed by atoms with Crippen LogP contribution < -0.4 is 10.5 Å². The van der Waals surface area contributed by atoms with Crippen LogP contribution in [0.25, 0.3) is 11.1 Å². The van der Waals surface area contributed by atoms with E-state index < -0.39 is 0 Å². The van der Waals surface area contributed by atoms with E-state index in [0.717, 1.165) is 11.4 Å². The molecule has 2 unspecified atom stereocenters. The zero-order valence-corrected chi connectivity index (χ0v) is 11.5. The summed E-state index contributed by atoms with van der Waals surface area (Å²) in [6.45, 7) is 0. The Bertz CT molecular complexity index is 632. The van der Waals surface area contributed by atoms with Gasteiger partial charge in [-0.05, 0) is 54.7 Å². The normalized spacial score (nSPS) is 23.8. The van der Waals surface area contributed by atoms with E-state index in [4.69, 9.17) is 10.5 Å². The monoisotopic (exact) mass is 265 g/mol. The fourth-order valence-corrected chi connectivity index (χ4v) is 3.56. The van der Waals surface area contributed by atoms with Crippen molar-refractivity contribution in [1.29, 1.82) is 0 Å². The van der Waals surface area contributed by atoms with Gasteiger partial charge in [-0.1, -0.05) is 24.6 Å². The van der Waals surface area contributed by atoms with Crippen LogP contribution in [0, 0.1) is 0 Å². The number of hydrogen-bond donors (Lipinski definition) is 1. The molecule has 1 fully saturated rings. The minimum absolute atomic E-state index is 0.417. The first kappa shape index (κ1) is 11.8. The summed E-state index contributed by atoms with van der Waals surface area (Å²) in [4.78, 5) is 0. The van der Waals surface area contributed by atoms with E-state index in [-0.39, 0.29) is 0 Å². The van der Waals surface area contributed by atoms with Crippen molar-refractivity contribution in [3.8, 4) is 16.9 Å². The van der Waals surface area contributed by atoms with Gasteiger partial charge in [0.2, 0.25) is 0 Å². The van der Waals surface area contributed by atoms with Crippen molar-refractivity contribution < 1.29 is 4.74 Å². The van der Waals surface area contributed by atoms with Crippen molar-refractivity contribution in [2.75, 3.05) is 5.73 Å². The molecule has 1 heterocycles. The molecule has 0 amide bonds. The molecule has 20 heavy (non-hydrogen) atoms. The highest BCUT2D eigenvalue weighted by molar-refractivity contribution is 5.68. The van der Waals surface area contributed by atoms with Crippen LogP contribution in [0.15, 0.2) is 42.5 Å². The quantitative estimate of drug-likeness (QED) is 0.778. The molecule has 2 atom stereocenters. The van der Waals surface area contributed by atoms with Gasteiger partial charge in [-0.25, -0.2) is 0 Å². The van der Waals surface area contributed by atoms with E-state index in [1.165, 1.54) is 42.4 Å². The number of nitrogen functional groups attached to an aromatic ring is 1. The molecule has 1 aliphatic carbocycles. The highest BCUT2D eigenvalue weighted by atomic mass is 16.5. The van der Waals surface area contributed by atoms with Crippen LogP contribution in [0.5, 0.6) is 5.75 Å². The molecule has 2 N–H and O–H groups in total. The fourth-order valence-electron chi connectivity index (χ4n) is 3.56. The van der Waals surface area contributed by atoms with E-state index >= 15 is 0 Å².